The van der Waals surface area contributed by atoms with E-state index in [2.05, 4.69) is 32.0 Å². The molecule has 8 heteroatoms. The van der Waals surface area contributed by atoms with E-state index in [9.17, 15) is 4.79 Å². The first-order valence-corrected chi connectivity index (χ1v) is 10.00. The van der Waals surface area contributed by atoms with Crippen LogP contribution in [0, 0.1) is 0 Å². The lowest BCUT2D eigenvalue weighted by molar-refractivity contribution is 0.0589. The summed E-state index contributed by atoms with van der Waals surface area (Å²) < 4.78 is 8.44. The Morgan fingerprint density at radius 3 is 2.72 bits per heavy atom. The predicted octanol–water partition coefficient (Wildman–Crippen LogP) is 5.25. The van der Waals surface area contributed by atoms with Gasteiger partial charge in [0.1, 0.15) is 16.8 Å². The van der Waals surface area contributed by atoms with Crippen molar-refractivity contribution in [3.63, 3.8) is 0 Å². The Morgan fingerprint density at radius 2 is 2.03 bits per heavy atom. The van der Waals surface area contributed by atoms with Gasteiger partial charge in [0.2, 0.25) is 0 Å². The standard InChI is InChI=1S/C21H22BrN5O2/c1-21(2,3)29-20(28)27(5)19-16-17(26(4)11-23-16)14-10-15(24-18(14)25-19)12-7-6-8-13(22)9-12/h6-11H,1-5H3,(H,24,25). The second-order valence-corrected chi connectivity index (χ2v) is 8.90. The van der Waals surface area contributed by atoms with Crippen molar-refractivity contribution in [2.75, 3.05) is 11.9 Å². The van der Waals surface area contributed by atoms with E-state index in [4.69, 9.17) is 9.72 Å². The monoisotopic (exact) mass is 455 g/mol. The first-order chi connectivity index (χ1) is 13.6. The maximum atomic E-state index is 12.6. The van der Waals surface area contributed by atoms with Crippen LogP contribution >= 0.6 is 15.9 Å². The van der Waals surface area contributed by atoms with Crippen molar-refractivity contribution in [3.8, 4) is 11.3 Å². The van der Waals surface area contributed by atoms with Gasteiger partial charge in [0, 0.05) is 29.6 Å². The van der Waals surface area contributed by atoms with Crippen LogP contribution in [-0.4, -0.2) is 38.3 Å². The molecule has 0 fully saturated rings. The van der Waals surface area contributed by atoms with E-state index in [0.29, 0.717) is 17.0 Å². The number of pyridine rings is 1. The predicted molar refractivity (Wildman–Crippen MR) is 118 cm³/mol. The zero-order valence-electron chi connectivity index (χ0n) is 16.9. The van der Waals surface area contributed by atoms with E-state index >= 15 is 0 Å². The van der Waals surface area contributed by atoms with E-state index in [-0.39, 0.29) is 0 Å². The number of H-pyrrole nitrogens is 1. The molecule has 0 radical (unpaired) electrons. The number of anilines is 1. The molecule has 0 spiro atoms. The zero-order valence-corrected chi connectivity index (χ0v) is 18.5. The summed E-state index contributed by atoms with van der Waals surface area (Å²) in [5, 5.41) is 0.941. The van der Waals surface area contributed by atoms with E-state index in [1.165, 1.54) is 4.90 Å². The average molecular weight is 456 g/mol. The largest absolute Gasteiger partial charge is 0.443 e. The summed E-state index contributed by atoms with van der Waals surface area (Å²) in [6.07, 6.45) is 1.25. The number of fused-ring (bicyclic) bond motifs is 3. The maximum absolute atomic E-state index is 12.6. The van der Waals surface area contributed by atoms with Crippen LogP contribution in [0.5, 0.6) is 0 Å². The number of nitrogens with zero attached hydrogens (tertiary/aromatic N) is 4. The molecular weight excluding hydrogens is 434 g/mol. The molecule has 3 heterocycles. The van der Waals surface area contributed by atoms with Crippen molar-refractivity contribution in [2.24, 2.45) is 7.05 Å². The Bertz CT molecular complexity index is 1240. The zero-order chi connectivity index (χ0) is 20.9. The third kappa shape index (κ3) is 3.60. The first-order valence-electron chi connectivity index (χ1n) is 9.20. The van der Waals surface area contributed by atoms with Crippen LogP contribution in [-0.2, 0) is 11.8 Å². The van der Waals surface area contributed by atoms with Crippen molar-refractivity contribution < 1.29 is 9.53 Å². The number of amides is 1. The van der Waals surface area contributed by atoms with Gasteiger partial charge in [-0.2, -0.15) is 0 Å². The Labute approximate surface area is 176 Å². The Hall–Kier alpha value is -2.87. The molecule has 0 unspecified atom stereocenters. The summed E-state index contributed by atoms with van der Waals surface area (Å²) in [7, 11) is 3.58. The van der Waals surface area contributed by atoms with Gasteiger partial charge in [-0.15, -0.1) is 0 Å². The van der Waals surface area contributed by atoms with E-state index < -0.39 is 11.7 Å². The number of carbonyl (C=O) groups is 1. The van der Waals surface area contributed by atoms with Crippen molar-refractivity contribution in [1.29, 1.82) is 0 Å². The van der Waals surface area contributed by atoms with Crippen molar-refractivity contribution in [2.45, 2.75) is 26.4 Å². The smallest absolute Gasteiger partial charge is 0.415 e. The number of aromatic nitrogens is 4. The number of hydrogen-bond donors (Lipinski definition) is 1. The van der Waals surface area contributed by atoms with Gasteiger partial charge in [0.15, 0.2) is 5.82 Å². The molecule has 1 amide bonds. The number of imidazole rings is 1. The number of halogens is 1. The number of nitrogens with one attached hydrogen (secondary N) is 1. The molecule has 0 atom stereocenters. The van der Waals surface area contributed by atoms with Gasteiger partial charge in [-0.25, -0.2) is 14.8 Å². The summed E-state index contributed by atoms with van der Waals surface area (Å²) in [6, 6.07) is 10.1. The molecular formula is C21H22BrN5O2. The molecule has 0 aliphatic heterocycles. The molecule has 29 heavy (non-hydrogen) atoms. The SMILES string of the molecule is CN(C(=O)OC(C)(C)C)c1nc2[nH]c(-c3cccc(Br)c3)cc2c2c1ncn2C. The number of carbonyl (C=O) groups excluding carboxylic acids is 1. The normalized spacial score (nSPS) is 11.9. The molecule has 1 N–H and O–H groups in total. The molecule has 4 rings (SSSR count). The molecule has 0 aliphatic carbocycles. The van der Waals surface area contributed by atoms with Gasteiger partial charge in [0.05, 0.1) is 11.8 Å². The van der Waals surface area contributed by atoms with Gasteiger partial charge in [-0.1, -0.05) is 28.1 Å². The lowest BCUT2D eigenvalue weighted by Gasteiger charge is -2.24. The summed E-state index contributed by atoms with van der Waals surface area (Å²) in [5.41, 5.74) is 3.61. The lowest BCUT2D eigenvalue weighted by Crippen LogP contribution is -2.34. The molecule has 150 valence electrons. The molecule has 1 aromatic carbocycles. The van der Waals surface area contributed by atoms with E-state index in [0.717, 1.165) is 26.6 Å². The highest BCUT2D eigenvalue weighted by Gasteiger charge is 2.25. The van der Waals surface area contributed by atoms with Crippen molar-refractivity contribution in [1.82, 2.24) is 19.5 Å². The van der Waals surface area contributed by atoms with Crippen LogP contribution < -0.4 is 4.90 Å². The van der Waals surface area contributed by atoms with Gasteiger partial charge in [0.25, 0.3) is 0 Å². The number of aryl methyl sites for hydroxylation is 1. The Morgan fingerprint density at radius 1 is 1.28 bits per heavy atom. The van der Waals surface area contributed by atoms with Gasteiger partial charge in [-0.05, 0) is 44.5 Å². The molecule has 0 saturated heterocycles. The molecule has 0 saturated carbocycles. The fourth-order valence-corrected chi connectivity index (χ4v) is 3.64. The summed E-state index contributed by atoms with van der Waals surface area (Å²) in [5.74, 6) is 0.449. The quantitative estimate of drug-likeness (QED) is 0.447. The maximum Gasteiger partial charge on any atom is 0.415 e. The summed E-state index contributed by atoms with van der Waals surface area (Å²) in [4.78, 5) is 26.6. The van der Waals surface area contributed by atoms with Crippen molar-refractivity contribution >= 4 is 49.9 Å². The molecule has 4 aromatic rings. The van der Waals surface area contributed by atoms with Gasteiger partial charge >= 0.3 is 6.09 Å². The highest BCUT2D eigenvalue weighted by atomic mass is 79.9. The number of ether oxygens (including phenoxy) is 1. The Balaban J connectivity index is 1.89. The second kappa shape index (κ2) is 6.88. The lowest BCUT2D eigenvalue weighted by atomic mass is 10.1. The second-order valence-electron chi connectivity index (χ2n) is 7.98. The van der Waals surface area contributed by atoms with Crippen LogP contribution in [0.1, 0.15) is 20.8 Å². The molecule has 0 aliphatic rings. The fraction of sp³-hybridized carbons (Fsp3) is 0.286. The fourth-order valence-electron chi connectivity index (χ4n) is 3.24. The van der Waals surface area contributed by atoms with Crippen LogP contribution in [0.2, 0.25) is 0 Å². The number of rotatable bonds is 2. The number of aromatic amines is 1. The van der Waals surface area contributed by atoms with E-state index in [1.807, 2.05) is 56.7 Å². The number of hydrogen-bond acceptors (Lipinski definition) is 4. The highest BCUT2D eigenvalue weighted by molar-refractivity contribution is 9.10. The summed E-state index contributed by atoms with van der Waals surface area (Å²) in [6.45, 7) is 5.50. The van der Waals surface area contributed by atoms with Crippen LogP contribution in [0.25, 0.3) is 33.3 Å². The minimum Gasteiger partial charge on any atom is -0.443 e. The average Bonchev–Trinajstić information content (AvgIpc) is 3.22. The van der Waals surface area contributed by atoms with Crippen LogP contribution in [0.15, 0.2) is 41.1 Å². The van der Waals surface area contributed by atoms with Crippen LogP contribution in [0.4, 0.5) is 10.6 Å². The molecule has 0 bridgehead atoms. The van der Waals surface area contributed by atoms with Crippen molar-refractivity contribution in [3.05, 3.63) is 41.1 Å². The Kier molecular flexibility index (Phi) is 4.61. The van der Waals surface area contributed by atoms with Gasteiger partial charge in [-0.3, -0.25) is 4.90 Å². The summed E-state index contributed by atoms with van der Waals surface area (Å²) >= 11 is 3.52. The van der Waals surface area contributed by atoms with E-state index in [1.54, 1.807) is 13.4 Å². The molecule has 7 nitrogen and oxygen atoms in total. The highest BCUT2D eigenvalue weighted by Crippen LogP contribution is 2.33. The minimum absolute atomic E-state index is 0.449. The number of benzene rings is 1. The van der Waals surface area contributed by atoms with Crippen LogP contribution in [0.3, 0.4) is 0 Å². The van der Waals surface area contributed by atoms with Gasteiger partial charge < -0.3 is 14.3 Å². The third-order valence-electron chi connectivity index (χ3n) is 4.54. The molecule has 3 aromatic heterocycles. The third-order valence-corrected chi connectivity index (χ3v) is 5.03. The first kappa shape index (κ1) is 19.4. The topological polar surface area (TPSA) is 76.0 Å². The minimum atomic E-state index is -0.598.